The largest absolute Gasteiger partial charge is 0.372 e. The first-order valence-electron chi connectivity index (χ1n) is 10.4. The number of aliphatic hydroxyl groups is 1. The Morgan fingerprint density at radius 1 is 1.09 bits per heavy atom. The van der Waals surface area contributed by atoms with Crippen molar-refractivity contribution < 1.29 is 13.5 Å². The molecule has 0 radical (unpaired) electrons. The summed E-state index contributed by atoms with van der Waals surface area (Å²) >= 11 is 5.95. The molecule has 0 spiro atoms. The molecule has 0 aliphatic carbocycles. The summed E-state index contributed by atoms with van der Waals surface area (Å²) in [7, 11) is -3.99. The molecule has 0 amide bonds. The fraction of sp³-hybridized carbons (Fsp3) is 0.375. The second-order valence-electron chi connectivity index (χ2n) is 9.22. The smallest absolute Gasteiger partial charge is 0.243 e. The third-order valence-corrected chi connectivity index (χ3v) is 7.02. The number of hydrogen-bond donors (Lipinski definition) is 2. The van der Waals surface area contributed by atoms with Crippen LogP contribution in [0.4, 0.5) is 0 Å². The van der Waals surface area contributed by atoms with Crippen molar-refractivity contribution >= 4 is 21.6 Å². The van der Waals surface area contributed by atoms with Crippen molar-refractivity contribution in [2.24, 2.45) is 0 Å². The zero-order valence-corrected chi connectivity index (χ0v) is 20.8. The molecule has 1 aromatic heterocycles. The van der Waals surface area contributed by atoms with E-state index in [0.29, 0.717) is 17.3 Å². The molecular formula is C24H30ClN3O3S. The van der Waals surface area contributed by atoms with Gasteiger partial charge in [0.2, 0.25) is 10.0 Å². The number of aliphatic hydroxyl groups excluding tert-OH is 1. The molecule has 6 nitrogen and oxygen atoms in total. The van der Waals surface area contributed by atoms with Gasteiger partial charge in [0.25, 0.3) is 0 Å². The van der Waals surface area contributed by atoms with Gasteiger partial charge in [-0.05, 0) is 61.7 Å². The molecule has 1 atom stereocenters. The van der Waals surface area contributed by atoms with Crippen LogP contribution < -0.4 is 4.72 Å². The van der Waals surface area contributed by atoms with Crippen LogP contribution in [0.15, 0.2) is 47.4 Å². The highest BCUT2D eigenvalue weighted by atomic mass is 35.5. The van der Waals surface area contributed by atoms with Crippen LogP contribution in [0.25, 0.3) is 0 Å². The number of aromatic nitrogens is 2. The van der Waals surface area contributed by atoms with Crippen molar-refractivity contribution in [3.8, 4) is 0 Å². The second kappa shape index (κ2) is 8.98. The van der Waals surface area contributed by atoms with Crippen LogP contribution in [0.1, 0.15) is 60.6 Å². The Morgan fingerprint density at radius 3 is 2.28 bits per heavy atom. The number of nitrogens with zero attached hydrogens (tertiary/aromatic N) is 2. The molecule has 32 heavy (non-hydrogen) atoms. The lowest BCUT2D eigenvalue weighted by Crippen LogP contribution is -2.30. The van der Waals surface area contributed by atoms with Crippen LogP contribution in [0.3, 0.4) is 0 Å². The predicted octanol–water partition coefficient (Wildman–Crippen LogP) is 4.78. The van der Waals surface area contributed by atoms with Gasteiger partial charge in [-0.25, -0.2) is 8.42 Å². The average Bonchev–Trinajstić information content (AvgIpc) is 3.09. The zero-order chi connectivity index (χ0) is 23.8. The van der Waals surface area contributed by atoms with Crippen molar-refractivity contribution in [1.29, 1.82) is 0 Å². The van der Waals surface area contributed by atoms with Gasteiger partial charge in [0.15, 0.2) is 6.23 Å². The predicted molar refractivity (Wildman–Crippen MR) is 127 cm³/mol. The number of hydrogen-bond acceptors (Lipinski definition) is 4. The average molecular weight is 476 g/mol. The van der Waals surface area contributed by atoms with Crippen molar-refractivity contribution in [3.05, 3.63) is 81.1 Å². The summed E-state index contributed by atoms with van der Waals surface area (Å²) in [5.74, 6) is 0. The highest BCUT2D eigenvalue weighted by Crippen LogP contribution is 2.27. The molecule has 0 bridgehead atoms. The Balaban J connectivity index is 2.01. The molecule has 0 aliphatic rings. The summed E-state index contributed by atoms with van der Waals surface area (Å²) in [6.45, 7) is 12.6. The van der Waals surface area contributed by atoms with E-state index in [2.05, 4.69) is 23.8 Å². The molecule has 2 aromatic carbocycles. The molecule has 3 aromatic rings. The zero-order valence-electron chi connectivity index (χ0n) is 19.3. The number of sulfonamides is 1. The van der Waals surface area contributed by atoms with E-state index in [4.69, 9.17) is 16.7 Å². The molecule has 1 unspecified atom stereocenters. The standard InChI is InChI=1S/C24H30ClN3O3S/c1-15-10-16(2)20(17(3)11-15)14-28-21(13-22(26-28)24(4,5)6)23(29)27-32(30,31)19-9-7-8-18(25)12-19/h7-13,23,27,29H,14H2,1-6H3. The van der Waals surface area contributed by atoms with Gasteiger partial charge in [0.05, 0.1) is 22.8 Å². The van der Waals surface area contributed by atoms with Crippen LogP contribution in [-0.4, -0.2) is 23.3 Å². The van der Waals surface area contributed by atoms with Gasteiger partial charge in [-0.3, -0.25) is 4.68 Å². The van der Waals surface area contributed by atoms with E-state index in [0.717, 1.165) is 22.4 Å². The normalized spacial score (nSPS) is 13.4. The van der Waals surface area contributed by atoms with Gasteiger partial charge in [-0.15, -0.1) is 0 Å². The van der Waals surface area contributed by atoms with Crippen molar-refractivity contribution in [3.63, 3.8) is 0 Å². The second-order valence-corrected chi connectivity index (χ2v) is 11.4. The van der Waals surface area contributed by atoms with Gasteiger partial charge in [0, 0.05) is 10.4 Å². The van der Waals surface area contributed by atoms with Crippen molar-refractivity contribution in [2.45, 2.75) is 64.6 Å². The Labute approximate surface area is 195 Å². The first-order valence-corrected chi connectivity index (χ1v) is 12.2. The summed E-state index contributed by atoms with van der Waals surface area (Å²) in [5, 5.41) is 15.9. The van der Waals surface area contributed by atoms with Gasteiger partial charge in [-0.1, -0.05) is 56.1 Å². The topological polar surface area (TPSA) is 84.2 Å². The van der Waals surface area contributed by atoms with E-state index in [1.165, 1.54) is 17.7 Å². The Bertz CT molecular complexity index is 1220. The van der Waals surface area contributed by atoms with Crippen LogP contribution in [0.2, 0.25) is 5.02 Å². The molecule has 172 valence electrons. The number of nitrogens with one attached hydrogen (secondary N) is 1. The maximum Gasteiger partial charge on any atom is 0.243 e. The number of halogens is 1. The minimum absolute atomic E-state index is 0.0172. The van der Waals surface area contributed by atoms with Crippen LogP contribution >= 0.6 is 11.6 Å². The molecule has 0 saturated heterocycles. The number of aryl methyl sites for hydroxylation is 3. The lowest BCUT2D eigenvalue weighted by molar-refractivity contribution is 0.155. The minimum Gasteiger partial charge on any atom is -0.372 e. The molecule has 3 rings (SSSR count). The van der Waals surface area contributed by atoms with Crippen LogP contribution in [-0.2, 0) is 22.0 Å². The Morgan fingerprint density at radius 2 is 1.72 bits per heavy atom. The monoisotopic (exact) mass is 475 g/mol. The maximum absolute atomic E-state index is 12.8. The lowest BCUT2D eigenvalue weighted by atomic mass is 9.92. The van der Waals surface area contributed by atoms with Gasteiger partial charge < -0.3 is 5.11 Å². The maximum atomic E-state index is 12.8. The molecular weight excluding hydrogens is 446 g/mol. The molecule has 0 saturated carbocycles. The van der Waals surface area contributed by atoms with Crippen LogP contribution in [0, 0.1) is 20.8 Å². The molecule has 0 aliphatic heterocycles. The van der Waals surface area contributed by atoms with Gasteiger partial charge in [0.1, 0.15) is 0 Å². The quantitative estimate of drug-likeness (QED) is 0.502. The first-order chi connectivity index (χ1) is 14.8. The highest BCUT2D eigenvalue weighted by Gasteiger charge is 2.27. The molecule has 1 heterocycles. The molecule has 2 N–H and O–H groups in total. The fourth-order valence-electron chi connectivity index (χ4n) is 3.66. The summed E-state index contributed by atoms with van der Waals surface area (Å²) in [6, 6.07) is 11.9. The molecule has 0 fully saturated rings. The third-order valence-electron chi connectivity index (χ3n) is 5.38. The van der Waals surface area contributed by atoms with E-state index in [1.807, 2.05) is 34.6 Å². The van der Waals surface area contributed by atoms with E-state index in [1.54, 1.807) is 22.9 Å². The van der Waals surface area contributed by atoms with Crippen molar-refractivity contribution in [2.75, 3.05) is 0 Å². The van der Waals surface area contributed by atoms with E-state index < -0.39 is 16.3 Å². The summed E-state index contributed by atoms with van der Waals surface area (Å²) in [5.41, 5.74) is 5.36. The SMILES string of the molecule is Cc1cc(C)c(Cn2nc(C(C)(C)C)cc2C(O)NS(=O)(=O)c2cccc(Cl)c2)c(C)c1. The van der Waals surface area contributed by atoms with Gasteiger partial charge in [-0.2, -0.15) is 9.82 Å². The van der Waals surface area contributed by atoms with Crippen molar-refractivity contribution in [1.82, 2.24) is 14.5 Å². The summed E-state index contributed by atoms with van der Waals surface area (Å²) < 4.78 is 29.7. The fourth-order valence-corrected chi connectivity index (χ4v) is 5.01. The van der Waals surface area contributed by atoms with E-state index in [9.17, 15) is 13.5 Å². The number of benzene rings is 2. The number of rotatable bonds is 6. The lowest BCUT2D eigenvalue weighted by Gasteiger charge is -2.17. The molecule has 8 heteroatoms. The van der Waals surface area contributed by atoms with Crippen LogP contribution in [0.5, 0.6) is 0 Å². The van der Waals surface area contributed by atoms with E-state index >= 15 is 0 Å². The third kappa shape index (κ3) is 5.41. The summed E-state index contributed by atoms with van der Waals surface area (Å²) in [4.78, 5) is -0.0172. The Kier molecular flexibility index (Phi) is 6.86. The summed E-state index contributed by atoms with van der Waals surface area (Å²) in [6.07, 6.45) is -1.48. The Hall–Kier alpha value is -2.19. The first kappa shape index (κ1) is 24.5. The highest BCUT2D eigenvalue weighted by molar-refractivity contribution is 7.89. The van der Waals surface area contributed by atoms with Gasteiger partial charge >= 0.3 is 0 Å². The van der Waals surface area contributed by atoms with E-state index in [-0.39, 0.29) is 10.3 Å². The minimum atomic E-state index is -3.99.